The standard InChI is InChI=1S/C12H23N3O4/c1-8(2)14-9(16)6-15(5)11(19)13-7-12(3,4)10(17)18/h8H,6-7H2,1-5H3,(H,13,19)(H,14,16)(H,17,18). The molecule has 0 aromatic rings. The largest absolute Gasteiger partial charge is 0.481 e. The van der Waals surface area contributed by atoms with E-state index in [1.54, 1.807) is 0 Å². The van der Waals surface area contributed by atoms with Crippen LogP contribution in [-0.2, 0) is 9.59 Å². The van der Waals surface area contributed by atoms with Crippen LogP contribution in [0, 0.1) is 5.41 Å². The Kier molecular flexibility index (Phi) is 6.31. The van der Waals surface area contributed by atoms with E-state index >= 15 is 0 Å². The zero-order chi connectivity index (χ0) is 15.2. The van der Waals surface area contributed by atoms with Crippen molar-refractivity contribution >= 4 is 17.9 Å². The van der Waals surface area contributed by atoms with Crippen LogP contribution in [0.25, 0.3) is 0 Å². The van der Waals surface area contributed by atoms with Crippen molar-refractivity contribution in [2.75, 3.05) is 20.1 Å². The van der Waals surface area contributed by atoms with Gasteiger partial charge in [0.1, 0.15) is 6.54 Å². The maximum Gasteiger partial charge on any atom is 0.317 e. The van der Waals surface area contributed by atoms with Gasteiger partial charge in [-0.1, -0.05) is 0 Å². The zero-order valence-electron chi connectivity index (χ0n) is 12.1. The van der Waals surface area contributed by atoms with Crippen LogP contribution in [0.1, 0.15) is 27.7 Å². The van der Waals surface area contributed by atoms with E-state index in [4.69, 9.17) is 5.11 Å². The number of nitrogens with zero attached hydrogens (tertiary/aromatic N) is 1. The fourth-order valence-corrected chi connectivity index (χ4v) is 1.16. The summed E-state index contributed by atoms with van der Waals surface area (Å²) in [4.78, 5) is 35.2. The Balaban J connectivity index is 4.22. The Morgan fingerprint density at radius 1 is 1.26 bits per heavy atom. The smallest absolute Gasteiger partial charge is 0.317 e. The number of carboxylic acid groups (broad SMARTS) is 1. The number of amides is 3. The second-order valence-corrected chi connectivity index (χ2v) is 5.43. The fourth-order valence-electron chi connectivity index (χ4n) is 1.16. The van der Waals surface area contributed by atoms with Crippen molar-refractivity contribution in [3.63, 3.8) is 0 Å². The lowest BCUT2D eigenvalue weighted by atomic mass is 9.94. The molecular formula is C12H23N3O4. The molecule has 0 aliphatic rings. The van der Waals surface area contributed by atoms with E-state index in [1.807, 2.05) is 13.8 Å². The molecule has 0 atom stereocenters. The minimum Gasteiger partial charge on any atom is -0.481 e. The normalized spacial score (nSPS) is 11.1. The van der Waals surface area contributed by atoms with Gasteiger partial charge in [0, 0.05) is 19.6 Å². The van der Waals surface area contributed by atoms with E-state index in [2.05, 4.69) is 10.6 Å². The molecule has 0 aliphatic heterocycles. The van der Waals surface area contributed by atoms with Crippen LogP contribution in [0.4, 0.5) is 4.79 Å². The summed E-state index contributed by atoms with van der Waals surface area (Å²) in [7, 11) is 1.48. The highest BCUT2D eigenvalue weighted by atomic mass is 16.4. The Bertz CT molecular complexity index is 353. The minimum absolute atomic E-state index is 0.00267. The molecule has 0 saturated heterocycles. The predicted octanol–water partition coefficient (Wildman–Crippen LogP) is 0.263. The van der Waals surface area contributed by atoms with E-state index in [0.29, 0.717) is 0 Å². The summed E-state index contributed by atoms with van der Waals surface area (Å²) in [5.74, 6) is -1.25. The summed E-state index contributed by atoms with van der Waals surface area (Å²) < 4.78 is 0. The number of carbonyl (C=O) groups excluding carboxylic acids is 2. The molecule has 7 heteroatoms. The van der Waals surface area contributed by atoms with Crippen molar-refractivity contribution in [3.8, 4) is 0 Å². The molecule has 19 heavy (non-hydrogen) atoms. The maximum atomic E-state index is 11.7. The highest BCUT2D eigenvalue weighted by molar-refractivity contribution is 5.84. The Labute approximate surface area is 113 Å². The van der Waals surface area contributed by atoms with E-state index in [1.165, 1.54) is 25.8 Å². The zero-order valence-corrected chi connectivity index (χ0v) is 12.1. The number of hydrogen-bond donors (Lipinski definition) is 3. The van der Waals surface area contributed by atoms with E-state index < -0.39 is 17.4 Å². The molecule has 0 fully saturated rings. The summed E-state index contributed by atoms with van der Waals surface area (Å²) in [6.45, 7) is 6.61. The van der Waals surface area contributed by atoms with E-state index in [9.17, 15) is 14.4 Å². The average molecular weight is 273 g/mol. The molecule has 0 saturated carbocycles. The predicted molar refractivity (Wildman–Crippen MR) is 70.7 cm³/mol. The third kappa shape index (κ3) is 6.64. The van der Waals surface area contributed by atoms with Crippen LogP contribution in [0.2, 0.25) is 0 Å². The van der Waals surface area contributed by atoms with Crippen molar-refractivity contribution in [2.45, 2.75) is 33.7 Å². The van der Waals surface area contributed by atoms with Crippen LogP contribution < -0.4 is 10.6 Å². The van der Waals surface area contributed by atoms with Gasteiger partial charge in [-0.2, -0.15) is 0 Å². The molecule has 0 heterocycles. The van der Waals surface area contributed by atoms with Crippen LogP contribution in [-0.4, -0.2) is 54.1 Å². The molecule has 0 spiro atoms. The van der Waals surface area contributed by atoms with Gasteiger partial charge in [-0.3, -0.25) is 9.59 Å². The minimum atomic E-state index is -1.04. The highest BCUT2D eigenvalue weighted by Gasteiger charge is 2.28. The van der Waals surface area contributed by atoms with Gasteiger partial charge in [0.05, 0.1) is 5.41 Å². The molecule has 0 rings (SSSR count). The third-order valence-corrected chi connectivity index (χ3v) is 2.44. The lowest BCUT2D eigenvalue weighted by molar-refractivity contribution is -0.146. The number of hydrogen-bond acceptors (Lipinski definition) is 3. The molecule has 110 valence electrons. The van der Waals surface area contributed by atoms with E-state index in [0.717, 1.165) is 0 Å². The van der Waals surface area contributed by atoms with Crippen molar-refractivity contribution in [1.29, 1.82) is 0 Å². The molecule has 0 unspecified atom stereocenters. The summed E-state index contributed by atoms with van der Waals surface area (Å²) in [5.41, 5.74) is -1.04. The molecule has 7 nitrogen and oxygen atoms in total. The highest BCUT2D eigenvalue weighted by Crippen LogP contribution is 2.13. The summed E-state index contributed by atoms with van der Waals surface area (Å²) in [5, 5.41) is 14.1. The summed E-state index contributed by atoms with van der Waals surface area (Å²) >= 11 is 0. The first-order chi connectivity index (χ1) is 8.56. The molecule has 0 aliphatic carbocycles. The van der Waals surface area contributed by atoms with Crippen molar-refractivity contribution < 1.29 is 19.5 Å². The van der Waals surface area contributed by atoms with Crippen molar-refractivity contribution in [3.05, 3.63) is 0 Å². The van der Waals surface area contributed by atoms with Gasteiger partial charge in [-0.15, -0.1) is 0 Å². The van der Waals surface area contributed by atoms with Crippen LogP contribution in [0.5, 0.6) is 0 Å². The first-order valence-electron chi connectivity index (χ1n) is 6.08. The van der Waals surface area contributed by atoms with Crippen LogP contribution in [0.3, 0.4) is 0 Å². The number of likely N-dealkylation sites (N-methyl/N-ethyl adjacent to an activating group) is 1. The van der Waals surface area contributed by atoms with Gasteiger partial charge in [0.25, 0.3) is 0 Å². The maximum absolute atomic E-state index is 11.7. The van der Waals surface area contributed by atoms with Crippen molar-refractivity contribution in [1.82, 2.24) is 15.5 Å². The third-order valence-electron chi connectivity index (χ3n) is 2.44. The van der Waals surface area contributed by atoms with Gasteiger partial charge >= 0.3 is 12.0 Å². The fraction of sp³-hybridized carbons (Fsp3) is 0.750. The first kappa shape index (κ1) is 17.2. The number of aliphatic carboxylic acids is 1. The number of nitrogens with one attached hydrogen (secondary N) is 2. The quantitative estimate of drug-likeness (QED) is 0.646. The van der Waals surface area contributed by atoms with Crippen molar-refractivity contribution in [2.24, 2.45) is 5.41 Å². The Hall–Kier alpha value is -1.79. The lowest BCUT2D eigenvalue weighted by Gasteiger charge is -2.23. The molecular weight excluding hydrogens is 250 g/mol. The number of carboxylic acids is 1. The number of carbonyl (C=O) groups is 3. The molecule has 0 aromatic heterocycles. The Morgan fingerprint density at radius 2 is 1.79 bits per heavy atom. The van der Waals surface area contributed by atoms with Gasteiger partial charge < -0.3 is 20.6 Å². The average Bonchev–Trinajstić information content (AvgIpc) is 2.24. The van der Waals surface area contributed by atoms with Gasteiger partial charge in [-0.25, -0.2) is 4.79 Å². The lowest BCUT2D eigenvalue weighted by Crippen LogP contribution is -2.47. The van der Waals surface area contributed by atoms with Gasteiger partial charge in [-0.05, 0) is 27.7 Å². The Morgan fingerprint density at radius 3 is 2.21 bits per heavy atom. The summed E-state index contributed by atoms with van der Waals surface area (Å²) in [6, 6.07) is -0.469. The van der Waals surface area contributed by atoms with E-state index in [-0.39, 0.29) is 25.0 Å². The van der Waals surface area contributed by atoms with Gasteiger partial charge in [0.2, 0.25) is 5.91 Å². The van der Waals surface area contributed by atoms with Gasteiger partial charge in [0.15, 0.2) is 0 Å². The second-order valence-electron chi connectivity index (χ2n) is 5.43. The topological polar surface area (TPSA) is 98.7 Å². The SMILES string of the molecule is CC(C)NC(=O)CN(C)C(=O)NCC(C)(C)C(=O)O. The number of rotatable bonds is 6. The molecule has 0 aromatic carbocycles. The molecule has 3 N–H and O–H groups in total. The van der Waals surface area contributed by atoms with Crippen LogP contribution >= 0.6 is 0 Å². The molecule has 0 bridgehead atoms. The molecule has 3 amide bonds. The second kappa shape index (κ2) is 6.96. The monoisotopic (exact) mass is 273 g/mol. The first-order valence-corrected chi connectivity index (χ1v) is 6.08. The van der Waals surface area contributed by atoms with Crippen LogP contribution in [0.15, 0.2) is 0 Å². The molecule has 0 radical (unpaired) electrons. The summed E-state index contributed by atoms with van der Waals surface area (Å²) in [6.07, 6.45) is 0. The number of urea groups is 1.